The molecule has 0 spiro atoms. The van der Waals surface area contributed by atoms with Crippen LogP contribution < -0.4 is 11.1 Å². The van der Waals surface area contributed by atoms with E-state index in [0.29, 0.717) is 25.2 Å². The first kappa shape index (κ1) is 14.8. The number of amides is 1. The van der Waals surface area contributed by atoms with Crippen LogP contribution in [0.15, 0.2) is 0 Å². The lowest BCUT2D eigenvalue weighted by Gasteiger charge is -2.30. The van der Waals surface area contributed by atoms with Gasteiger partial charge in [0.05, 0.1) is 12.7 Å². The summed E-state index contributed by atoms with van der Waals surface area (Å²) in [6.07, 6.45) is 8.23. The van der Waals surface area contributed by atoms with E-state index in [2.05, 4.69) is 12.2 Å². The fourth-order valence-corrected chi connectivity index (χ4v) is 3.47. The highest BCUT2D eigenvalue weighted by Crippen LogP contribution is 2.28. The third kappa shape index (κ3) is 4.77. The summed E-state index contributed by atoms with van der Waals surface area (Å²) in [4.78, 5) is 12.1. The van der Waals surface area contributed by atoms with E-state index in [-0.39, 0.29) is 17.9 Å². The summed E-state index contributed by atoms with van der Waals surface area (Å²) in [5, 5.41) is 3.00. The molecule has 2 saturated carbocycles. The smallest absolute Gasteiger partial charge is 0.223 e. The maximum absolute atomic E-state index is 12.1. The van der Waals surface area contributed by atoms with Crippen molar-refractivity contribution in [2.45, 2.75) is 64.0 Å². The molecule has 0 aromatic carbocycles. The molecule has 2 rings (SSSR count). The van der Waals surface area contributed by atoms with Gasteiger partial charge in [-0.15, -0.1) is 0 Å². The zero-order valence-corrected chi connectivity index (χ0v) is 12.1. The first-order chi connectivity index (χ1) is 9.15. The van der Waals surface area contributed by atoms with Crippen LogP contribution >= 0.6 is 0 Å². The van der Waals surface area contributed by atoms with E-state index in [9.17, 15) is 4.79 Å². The van der Waals surface area contributed by atoms with Crippen molar-refractivity contribution in [2.24, 2.45) is 17.6 Å². The van der Waals surface area contributed by atoms with Crippen LogP contribution in [0.4, 0.5) is 0 Å². The van der Waals surface area contributed by atoms with Gasteiger partial charge in [0, 0.05) is 18.5 Å². The molecule has 4 heteroatoms. The van der Waals surface area contributed by atoms with Gasteiger partial charge in [-0.3, -0.25) is 4.79 Å². The van der Waals surface area contributed by atoms with Crippen LogP contribution in [0.2, 0.25) is 0 Å². The summed E-state index contributed by atoms with van der Waals surface area (Å²) < 4.78 is 5.74. The first-order valence-corrected chi connectivity index (χ1v) is 7.80. The fourth-order valence-electron chi connectivity index (χ4n) is 3.47. The summed E-state index contributed by atoms with van der Waals surface area (Å²) in [7, 11) is 0. The number of nitrogens with one attached hydrogen (secondary N) is 1. The van der Waals surface area contributed by atoms with Crippen LogP contribution in [0.5, 0.6) is 0 Å². The highest BCUT2D eigenvalue weighted by Gasteiger charge is 2.29. The Morgan fingerprint density at radius 2 is 2.00 bits per heavy atom. The lowest BCUT2D eigenvalue weighted by molar-refractivity contribution is -0.126. The lowest BCUT2D eigenvalue weighted by atomic mass is 9.79. The topological polar surface area (TPSA) is 64.4 Å². The predicted molar refractivity (Wildman–Crippen MR) is 75.7 cm³/mol. The molecule has 3 unspecified atom stereocenters. The minimum absolute atomic E-state index is 0.102. The molecule has 0 aliphatic heterocycles. The van der Waals surface area contributed by atoms with Crippen molar-refractivity contribution in [3.05, 3.63) is 0 Å². The van der Waals surface area contributed by atoms with E-state index in [0.717, 1.165) is 19.3 Å². The highest BCUT2D eigenvalue weighted by molar-refractivity contribution is 5.78. The number of carbonyl (C=O) groups excluding carboxylic acids is 1. The largest absolute Gasteiger partial charge is 0.376 e. The molecule has 0 saturated heterocycles. The highest BCUT2D eigenvalue weighted by atomic mass is 16.5. The van der Waals surface area contributed by atoms with Crippen LogP contribution in [0.25, 0.3) is 0 Å². The van der Waals surface area contributed by atoms with Gasteiger partial charge in [0.2, 0.25) is 5.91 Å². The van der Waals surface area contributed by atoms with Gasteiger partial charge in [0.1, 0.15) is 0 Å². The van der Waals surface area contributed by atoms with Gasteiger partial charge in [0.15, 0.2) is 0 Å². The number of rotatable bonds is 5. The van der Waals surface area contributed by atoms with Crippen molar-refractivity contribution >= 4 is 5.91 Å². The molecule has 0 aromatic heterocycles. The molecule has 3 atom stereocenters. The average molecular weight is 268 g/mol. The van der Waals surface area contributed by atoms with Crippen molar-refractivity contribution in [1.82, 2.24) is 5.32 Å². The maximum Gasteiger partial charge on any atom is 0.223 e. The second-order valence-electron chi connectivity index (χ2n) is 6.34. The standard InChI is InChI=1S/C15H28N2O2/c1-11-8-12(10-13(16)9-11)15(18)17-6-7-19-14-4-2-3-5-14/h11-14H,2-10,16H2,1H3,(H,17,18). The van der Waals surface area contributed by atoms with Crippen LogP contribution in [0.3, 0.4) is 0 Å². The Kier molecular flexibility index (Phi) is 5.64. The van der Waals surface area contributed by atoms with Crippen molar-refractivity contribution in [3.8, 4) is 0 Å². The summed E-state index contributed by atoms with van der Waals surface area (Å²) in [5.41, 5.74) is 5.99. The van der Waals surface area contributed by atoms with Crippen LogP contribution in [0.1, 0.15) is 51.9 Å². The monoisotopic (exact) mass is 268 g/mol. The molecule has 0 heterocycles. The average Bonchev–Trinajstić information content (AvgIpc) is 2.86. The molecule has 0 aromatic rings. The minimum atomic E-state index is 0.102. The summed E-state index contributed by atoms with van der Waals surface area (Å²) in [6.45, 7) is 3.46. The van der Waals surface area contributed by atoms with Crippen LogP contribution in [-0.4, -0.2) is 31.2 Å². The van der Waals surface area contributed by atoms with E-state index >= 15 is 0 Å². The molecule has 0 radical (unpaired) electrons. The van der Waals surface area contributed by atoms with Gasteiger partial charge < -0.3 is 15.8 Å². The molecule has 2 aliphatic carbocycles. The second kappa shape index (κ2) is 7.25. The summed E-state index contributed by atoms with van der Waals surface area (Å²) >= 11 is 0. The van der Waals surface area contributed by atoms with E-state index in [1.807, 2.05) is 0 Å². The maximum atomic E-state index is 12.1. The Balaban J connectivity index is 1.60. The second-order valence-corrected chi connectivity index (χ2v) is 6.34. The van der Waals surface area contributed by atoms with Crippen molar-refractivity contribution in [1.29, 1.82) is 0 Å². The molecular weight excluding hydrogens is 240 g/mol. The Hall–Kier alpha value is -0.610. The first-order valence-electron chi connectivity index (χ1n) is 7.80. The van der Waals surface area contributed by atoms with E-state index in [1.165, 1.54) is 25.7 Å². The molecule has 110 valence electrons. The molecule has 2 fully saturated rings. The zero-order chi connectivity index (χ0) is 13.7. The van der Waals surface area contributed by atoms with Crippen LogP contribution in [0, 0.1) is 11.8 Å². The number of hydrogen-bond donors (Lipinski definition) is 2. The van der Waals surface area contributed by atoms with Crippen molar-refractivity contribution in [2.75, 3.05) is 13.2 Å². The third-order valence-electron chi connectivity index (χ3n) is 4.41. The van der Waals surface area contributed by atoms with Crippen molar-refractivity contribution < 1.29 is 9.53 Å². The van der Waals surface area contributed by atoms with Gasteiger partial charge in [-0.25, -0.2) is 0 Å². The molecule has 4 nitrogen and oxygen atoms in total. The minimum Gasteiger partial charge on any atom is -0.376 e. The summed E-state index contributed by atoms with van der Waals surface area (Å²) in [5.74, 6) is 0.830. The van der Waals surface area contributed by atoms with Gasteiger partial charge >= 0.3 is 0 Å². The third-order valence-corrected chi connectivity index (χ3v) is 4.41. The number of ether oxygens (including phenoxy) is 1. The lowest BCUT2D eigenvalue weighted by Crippen LogP contribution is -2.41. The normalized spacial score (nSPS) is 32.4. The fraction of sp³-hybridized carbons (Fsp3) is 0.933. The van der Waals surface area contributed by atoms with Gasteiger partial charge in [-0.1, -0.05) is 19.8 Å². The van der Waals surface area contributed by atoms with Gasteiger partial charge in [0.25, 0.3) is 0 Å². The Bertz CT molecular complexity index is 280. The Morgan fingerprint density at radius 3 is 2.68 bits per heavy atom. The van der Waals surface area contributed by atoms with Gasteiger partial charge in [-0.2, -0.15) is 0 Å². The Morgan fingerprint density at radius 1 is 1.26 bits per heavy atom. The Labute approximate surface area is 116 Å². The number of nitrogens with two attached hydrogens (primary N) is 1. The molecule has 3 N–H and O–H groups in total. The SMILES string of the molecule is CC1CC(N)CC(C(=O)NCCOC2CCCC2)C1. The molecule has 0 bridgehead atoms. The van der Waals surface area contributed by atoms with Gasteiger partial charge in [-0.05, 0) is 38.0 Å². The van der Waals surface area contributed by atoms with Crippen molar-refractivity contribution in [3.63, 3.8) is 0 Å². The zero-order valence-electron chi connectivity index (χ0n) is 12.1. The van der Waals surface area contributed by atoms with E-state index in [4.69, 9.17) is 10.5 Å². The molecular formula is C15H28N2O2. The van der Waals surface area contributed by atoms with Crippen LogP contribution in [-0.2, 0) is 9.53 Å². The number of carbonyl (C=O) groups is 1. The van der Waals surface area contributed by atoms with E-state index < -0.39 is 0 Å². The summed E-state index contributed by atoms with van der Waals surface area (Å²) in [6, 6.07) is 0.189. The van der Waals surface area contributed by atoms with E-state index in [1.54, 1.807) is 0 Å². The number of hydrogen-bond acceptors (Lipinski definition) is 3. The molecule has 1 amide bonds. The molecule has 2 aliphatic rings. The molecule has 19 heavy (non-hydrogen) atoms. The predicted octanol–water partition coefficient (Wildman–Crippen LogP) is 1.83. The quantitative estimate of drug-likeness (QED) is 0.748.